The average molecular weight is 277 g/mol. The summed E-state index contributed by atoms with van der Waals surface area (Å²) in [6.45, 7) is 6.69. The van der Waals surface area contributed by atoms with Crippen molar-refractivity contribution in [3.63, 3.8) is 0 Å². The summed E-state index contributed by atoms with van der Waals surface area (Å²) < 4.78 is 0. The second-order valence-corrected chi connectivity index (χ2v) is 6.69. The van der Waals surface area contributed by atoms with E-state index in [9.17, 15) is 5.26 Å². The molecule has 1 heterocycles. The standard InChI is InChI=1S/C17H31N3/c1-3-7-15-8-5-6-12-20(15)16-9-10-17(13-16,14-18)19-11-4-2/h15-16,19H,3-13H2,1-2H3. The smallest absolute Gasteiger partial charge is 0.108 e. The fraction of sp³-hybridized carbons (Fsp3) is 0.941. The van der Waals surface area contributed by atoms with Crippen molar-refractivity contribution in [2.75, 3.05) is 13.1 Å². The highest BCUT2D eigenvalue weighted by molar-refractivity contribution is 5.13. The van der Waals surface area contributed by atoms with Gasteiger partial charge in [-0.3, -0.25) is 10.2 Å². The summed E-state index contributed by atoms with van der Waals surface area (Å²) >= 11 is 0. The van der Waals surface area contributed by atoms with Gasteiger partial charge in [-0.2, -0.15) is 5.26 Å². The third-order valence-corrected chi connectivity index (χ3v) is 5.18. The molecule has 3 unspecified atom stereocenters. The van der Waals surface area contributed by atoms with Crippen LogP contribution < -0.4 is 5.32 Å². The maximum absolute atomic E-state index is 9.60. The normalized spacial score (nSPS) is 35.0. The first-order chi connectivity index (χ1) is 9.74. The van der Waals surface area contributed by atoms with Crippen molar-refractivity contribution in [3.8, 4) is 6.07 Å². The van der Waals surface area contributed by atoms with Crippen LogP contribution in [0.1, 0.15) is 71.6 Å². The Morgan fingerprint density at radius 1 is 1.25 bits per heavy atom. The van der Waals surface area contributed by atoms with E-state index in [-0.39, 0.29) is 5.54 Å². The van der Waals surface area contributed by atoms with Gasteiger partial charge in [0.25, 0.3) is 0 Å². The van der Waals surface area contributed by atoms with E-state index in [1.54, 1.807) is 0 Å². The Labute approximate surface area is 124 Å². The number of piperidine rings is 1. The molecule has 1 N–H and O–H groups in total. The molecule has 3 atom stereocenters. The van der Waals surface area contributed by atoms with Gasteiger partial charge in [0.05, 0.1) is 6.07 Å². The van der Waals surface area contributed by atoms with Gasteiger partial charge in [0, 0.05) is 12.1 Å². The van der Waals surface area contributed by atoms with E-state index < -0.39 is 0 Å². The molecule has 3 nitrogen and oxygen atoms in total. The summed E-state index contributed by atoms with van der Waals surface area (Å²) in [7, 11) is 0. The monoisotopic (exact) mass is 277 g/mol. The second-order valence-electron chi connectivity index (χ2n) is 6.69. The summed E-state index contributed by atoms with van der Waals surface area (Å²) in [5, 5.41) is 13.1. The summed E-state index contributed by atoms with van der Waals surface area (Å²) in [5.41, 5.74) is -0.241. The number of nitriles is 1. The fourth-order valence-corrected chi connectivity index (χ4v) is 4.12. The number of nitrogens with zero attached hydrogens (tertiary/aromatic N) is 2. The zero-order chi connectivity index (χ0) is 14.4. The fourth-order valence-electron chi connectivity index (χ4n) is 4.12. The molecule has 0 bridgehead atoms. The van der Waals surface area contributed by atoms with Crippen molar-refractivity contribution < 1.29 is 0 Å². The van der Waals surface area contributed by atoms with Crippen LogP contribution in [0.15, 0.2) is 0 Å². The van der Waals surface area contributed by atoms with Gasteiger partial charge in [-0.1, -0.05) is 26.7 Å². The van der Waals surface area contributed by atoms with Crippen LogP contribution in [-0.2, 0) is 0 Å². The maximum Gasteiger partial charge on any atom is 0.108 e. The van der Waals surface area contributed by atoms with Gasteiger partial charge in [-0.15, -0.1) is 0 Å². The highest BCUT2D eigenvalue weighted by Gasteiger charge is 2.42. The van der Waals surface area contributed by atoms with Gasteiger partial charge in [0.2, 0.25) is 0 Å². The number of nitrogens with one attached hydrogen (secondary N) is 1. The summed E-state index contributed by atoms with van der Waals surface area (Å²) in [6, 6.07) is 4.00. The van der Waals surface area contributed by atoms with Crippen LogP contribution in [0.3, 0.4) is 0 Å². The van der Waals surface area contributed by atoms with Gasteiger partial charge in [-0.25, -0.2) is 0 Å². The molecule has 0 aromatic carbocycles. The van der Waals surface area contributed by atoms with E-state index in [0.717, 1.165) is 31.8 Å². The highest BCUT2D eigenvalue weighted by atomic mass is 15.2. The van der Waals surface area contributed by atoms with Crippen molar-refractivity contribution >= 4 is 0 Å². The highest BCUT2D eigenvalue weighted by Crippen LogP contribution is 2.36. The predicted octanol–water partition coefficient (Wildman–Crippen LogP) is 3.46. The number of likely N-dealkylation sites (tertiary alicyclic amines) is 1. The minimum Gasteiger partial charge on any atom is -0.299 e. The Hall–Kier alpha value is -0.590. The van der Waals surface area contributed by atoms with E-state index in [4.69, 9.17) is 0 Å². The molecule has 0 spiro atoms. The number of hydrogen-bond acceptors (Lipinski definition) is 3. The third-order valence-electron chi connectivity index (χ3n) is 5.18. The Balaban J connectivity index is 1.97. The van der Waals surface area contributed by atoms with Crippen molar-refractivity contribution in [3.05, 3.63) is 0 Å². The molecular weight excluding hydrogens is 246 g/mol. The third kappa shape index (κ3) is 3.54. The van der Waals surface area contributed by atoms with Crippen LogP contribution in [0.4, 0.5) is 0 Å². The minimum atomic E-state index is -0.241. The lowest BCUT2D eigenvalue weighted by molar-refractivity contribution is 0.0878. The molecule has 2 rings (SSSR count). The molecule has 1 saturated heterocycles. The van der Waals surface area contributed by atoms with Crippen molar-refractivity contribution in [2.45, 2.75) is 89.3 Å². The lowest BCUT2D eigenvalue weighted by Crippen LogP contribution is -2.48. The Kier molecular flexibility index (Phi) is 5.86. The zero-order valence-electron chi connectivity index (χ0n) is 13.3. The van der Waals surface area contributed by atoms with Gasteiger partial charge < -0.3 is 0 Å². The largest absolute Gasteiger partial charge is 0.299 e. The molecule has 3 heteroatoms. The average Bonchev–Trinajstić information content (AvgIpc) is 2.91. The first kappa shape index (κ1) is 15.8. The van der Waals surface area contributed by atoms with Crippen LogP contribution in [0.25, 0.3) is 0 Å². The minimum absolute atomic E-state index is 0.241. The van der Waals surface area contributed by atoms with E-state index >= 15 is 0 Å². The Bertz CT molecular complexity index is 334. The molecular formula is C17H31N3. The van der Waals surface area contributed by atoms with E-state index in [1.807, 2.05) is 0 Å². The van der Waals surface area contributed by atoms with E-state index in [2.05, 4.69) is 30.1 Å². The number of hydrogen-bond donors (Lipinski definition) is 1. The second kappa shape index (κ2) is 7.43. The van der Waals surface area contributed by atoms with Gasteiger partial charge >= 0.3 is 0 Å². The lowest BCUT2D eigenvalue weighted by atomic mass is 9.94. The van der Waals surface area contributed by atoms with Crippen molar-refractivity contribution in [1.82, 2.24) is 10.2 Å². The molecule has 114 valence electrons. The molecule has 1 aliphatic carbocycles. The first-order valence-corrected chi connectivity index (χ1v) is 8.66. The number of rotatable bonds is 6. The molecule has 0 aromatic rings. The van der Waals surface area contributed by atoms with Gasteiger partial charge in [0.15, 0.2) is 0 Å². The molecule has 1 saturated carbocycles. The molecule has 0 aromatic heterocycles. The topological polar surface area (TPSA) is 39.1 Å². The Morgan fingerprint density at radius 3 is 2.80 bits per heavy atom. The maximum atomic E-state index is 9.60. The molecule has 0 radical (unpaired) electrons. The molecule has 0 amide bonds. The first-order valence-electron chi connectivity index (χ1n) is 8.66. The molecule has 2 aliphatic rings. The molecule has 20 heavy (non-hydrogen) atoms. The molecule has 1 aliphatic heterocycles. The summed E-state index contributed by atoms with van der Waals surface area (Å²) in [5.74, 6) is 0. The van der Waals surface area contributed by atoms with Gasteiger partial charge in [0.1, 0.15) is 5.54 Å². The van der Waals surface area contributed by atoms with Crippen LogP contribution >= 0.6 is 0 Å². The van der Waals surface area contributed by atoms with Gasteiger partial charge in [-0.05, 0) is 58.0 Å². The SMILES string of the molecule is CCCNC1(C#N)CCC(N2CCCCC2CCC)C1. The van der Waals surface area contributed by atoms with Crippen molar-refractivity contribution in [1.29, 1.82) is 5.26 Å². The summed E-state index contributed by atoms with van der Waals surface area (Å²) in [6.07, 6.45) is 11.1. The van der Waals surface area contributed by atoms with E-state index in [1.165, 1.54) is 45.1 Å². The van der Waals surface area contributed by atoms with Crippen LogP contribution in [0, 0.1) is 11.3 Å². The molecule has 2 fully saturated rings. The zero-order valence-corrected chi connectivity index (χ0v) is 13.3. The summed E-state index contributed by atoms with van der Waals surface area (Å²) in [4.78, 5) is 2.75. The van der Waals surface area contributed by atoms with Crippen molar-refractivity contribution in [2.24, 2.45) is 0 Å². The predicted molar refractivity (Wildman–Crippen MR) is 83.5 cm³/mol. The quantitative estimate of drug-likeness (QED) is 0.808. The van der Waals surface area contributed by atoms with Crippen LogP contribution in [0.2, 0.25) is 0 Å². The lowest BCUT2D eigenvalue weighted by Gasteiger charge is -2.40. The Morgan fingerprint density at radius 2 is 2.10 bits per heavy atom. The van der Waals surface area contributed by atoms with Crippen LogP contribution in [-0.4, -0.2) is 35.6 Å². The van der Waals surface area contributed by atoms with E-state index in [0.29, 0.717) is 6.04 Å². The van der Waals surface area contributed by atoms with Crippen LogP contribution in [0.5, 0.6) is 0 Å².